The Kier molecular flexibility index (Phi) is 4.75. The second kappa shape index (κ2) is 6.74. The maximum Gasteiger partial charge on any atom is 0.126 e. The average molecular weight is 266 g/mol. The van der Waals surface area contributed by atoms with Crippen molar-refractivity contribution in [1.82, 2.24) is 5.32 Å². The Morgan fingerprint density at radius 2 is 1.90 bits per heavy atom. The topological polar surface area (TPSA) is 45.0 Å². The minimum atomic E-state index is 0.637. The van der Waals surface area contributed by atoms with Gasteiger partial charge in [-0.1, -0.05) is 31.2 Å². The molecule has 2 rings (SSSR count). The Morgan fingerprint density at radius 3 is 2.50 bits per heavy atom. The summed E-state index contributed by atoms with van der Waals surface area (Å²) in [4.78, 5) is 0. The predicted molar refractivity (Wildman–Crippen MR) is 80.5 cm³/mol. The normalized spacial score (nSPS) is 10.1. The molecule has 0 saturated carbocycles. The molecule has 20 heavy (non-hydrogen) atoms. The lowest BCUT2D eigenvalue weighted by molar-refractivity contribution is 0.416. The summed E-state index contributed by atoms with van der Waals surface area (Å²) in [5, 5.41) is 12.3. The van der Waals surface area contributed by atoms with Gasteiger partial charge in [0.25, 0.3) is 0 Å². The molecule has 0 atom stereocenters. The molecule has 0 heterocycles. The molecule has 2 aromatic carbocycles. The Morgan fingerprint density at radius 1 is 1.15 bits per heavy atom. The van der Waals surface area contributed by atoms with E-state index in [1.807, 2.05) is 12.1 Å². The summed E-state index contributed by atoms with van der Waals surface area (Å²) >= 11 is 0. The molecule has 102 valence electrons. The quantitative estimate of drug-likeness (QED) is 0.902. The molecule has 0 aliphatic rings. The molecule has 1 N–H and O–H groups in total. The maximum absolute atomic E-state index is 9.01. The summed E-state index contributed by atoms with van der Waals surface area (Å²) in [7, 11) is 1.64. The van der Waals surface area contributed by atoms with E-state index in [0.29, 0.717) is 5.56 Å². The molecule has 0 radical (unpaired) electrons. The van der Waals surface area contributed by atoms with Gasteiger partial charge in [0.2, 0.25) is 0 Å². The second-order valence-corrected chi connectivity index (χ2v) is 4.50. The van der Waals surface area contributed by atoms with Crippen molar-refractivity contribution in [2.75, 3.05) is 13.7 Å². The molecule has 3 heteroatoms. The number of nitrogens with one attached hydrogen (secondary N) is 1. The van der Waals surface area contributed by atoms with Crippen LogP contribution in [0, 0.1) is 11.3 Å². The first-order chi connectivity index (χ1) is 9.78. The molecule has 0 saturated heterocycles. The number of nitriles is 1. The number of rotatable bonds is 5. The van der Waals surface area contributed by atoms with Gasteiger partial charge in [-0.25, -0.2) is 0 Å². The Labute approximate surface area is 119 Å². The van der Waals surface area contributed by atoms with Crippen molar-refractivity contribution >= 4 is 0 Å². The lowest BCUT2D eigenvalue weighted by atomic mass is 10.0. The van der Waals surface area contributed by atoms with Crippen LogP contribution in [-0.2, 0) is 6.54 Å². The first kappa shape index (κ1) is 14.1. The van der Waals surface area contributed by atoms with E-state index in [4.69, 9.17) is 10.00 Å². The zero-order chi connectivity index (χ0) is 14.4. The van der Waals surface area contributed by atoms with Gasteiger partial charge in [0.1, 0.15) is 5.75 Å². The van der Waals surface area contributed by atoms with Crippen LogP contribution in [0.5, 0.6) is 5.75 Å². The molecule has 2 aromatic rings. The van der Waals surface area contributed by atoms with E-state index in [-0.39, 0.29) is 0 Å². The van der Waals surface area contributed by atoms with E-state index in [1.165, 1.54) is 5.56 Å². The van der Waals surface area contributed by atoms with Crippen LogP contribution < -0.4 is 10.1 Å². The molecular weight excluding hydrogens is 248 g/mol. The van der Waals surface area contributed by atoms with E-state index in [2.05, 4.69) is 42.6 Å². The molecule has 0 aliphatic heterocycles. The highest BCUT2D eigenvalue weighted by Gasteiger charge is 2.07. The van der Waals surface area contributed by atoms with Crippen LogP contribution in [0.2, 0.25) is 0 Å². The minimum absolute atomic E-state index is 0.637. The van der Waals surface area contributed by atoms with Gasteiger partial charge in [-0.15, -0.1) is 0 Å². The lowest BCUT2D eigenvalue weighted by Gasteiger charge is -2.10. The fourth-order valence-electron chi connectivity index (χ4n) is 2.07. The molecule has 0 amide bonds. The number of benzene rings is 2. The summed E-state index contributed by atoms with van der Waals surface area (Å²) in [6, 6.07) is 15.9. The van der Waals surface area contributed by atoms with Crippen LogP contribution in [0.4, 0.5) is 0 Å². The van der Waals surface area contributed by atoms with Gasteiger partial charge < -0.3 is 10.1 Å². The van der Waals surface area contributed by atoms with Gasteiger partial charge in [-0.05, 0) is 35.9 Å². The first-order valence-electron chi connectivity index (χ1n) is 6.66. The van der Waals surface area contributed by atoms with E-state index in [0.717, 1.165) is 30.0 Å². The van der Waals surface area contributed by atoms with E-state index < -0.39 is 0 Å². The van der Waals surface area contributed by atoms with Crippen LogP contribution in [-0.4, -0.2) is 13.7 Å². The van der Waals surface area contributed by atoms with Gasteiger partial charge in [-0.3, -0.25) is 0 Å². The average Bonchev–Trinajstić information content (AvgIpc) is 2.52. The zero-order valence-electron chi connectivity index (χ0n) is 11.8. The van der Waals surface area contributed by atoms with Crippen LogP contribution >= 0.6 is 0 Å². The molecule has 0 spiro atoms. The first-order valence-corrected chi connectivity index (χ1v) is 6.66. The van der Waals surface area contributed by atoms with E-state index in [9.17, 15) is 0 Å². The smallest absolute Gasteiger partial charge is 0.126 e. The van der Waals surface area contributed by atoms with Gasteiger partial charge in [0, 0.05) is 12.1 Å². The zero-order valence-corrected chi connectivity index (χ0v) is 11.8. The number of ether oxygens (including phenoxy) is 1. The fraction of sp³-hybridized carbons (Fsp3) is 0.235. The van der Waals surface area contributed by atoms with Crippen molar-refractivity contribution in [2.45, 2.75) is 13.5 Å². The predicted octanol–water partition coefficient (Wildman–Crippen LogP) is 3.34. The summed E-state index contributed by atoms with van der Waals surface area (Å²) in [5.41, 5.74) is 3.88. The van der Waals surface area contributed by atoms with Crippen molar-refractivity contribution < 1.29 is 4.74 Å². The van der Waals surface area contributed by atoms with Gasteiger partial charge >= 0.3 is 0 Å². The van der Waals surface area contributed by atoms with Crippen molar-refractivity contribution in [3.8, 4) is 22.9 Å². The third kappa shape index (κ3) is 3.17. The molecule has 0 aromatic heterocycles. The SMILES string of the molecule is CCNCc1ccc(-c2cc(C#N)ccc2OC)cc1. The summed E-state index contributed by atoms with van der Waals surface area (Å²) in [6.07, 6.45) is 0. The Bertz CT molecular complexity index is 612. The standard InChI is InChI=1S/C17H18N2O/c1-3-19-12-13-4-7-15(8-5-13)16-10-14(11-18)6-9-17(16)20-2/h4-10,19H,3,12H2,1-2H3. The number of hydrogen-bond donors (Lipinski definition) is 1. The van der Waals surface area contributed by atoms with Gasteiger partial charge in [0.15, 0.2) is 0 Å². The minimum Gasteiger partial charge on any atom is -0.496 e. The van der Waals surface area contributed by atoms with Crippen LogP contribution in [0.3, 0.4) is 0 Å². The highest BCUT2D eigenvalue weighted by Crippen LogP contribution is 2.30. The van der Waals surface area contributed by atoms with Crippen LogP contribution in [0.1, 0.15) is 18.1 Å². The molecule has 0 fully saturated rings. The third-order valence-corrected chi connectivity index (χ3v) is 3.17. The number of hydrogen-bond acceptors (Lipinski definition) is 3. The molecule has 0 aliphatic carbocycles. The molecular formula is C17H18N2O. The maximum atomic E-state index is 9.01. The monoisotopic (exact) mass is 266 g/mol. The fourth-order valence-corrected chi connectivity index (χ4v) is 2.07. The highest BCUT2D eigenvalue weighted by molar-refractivity contribution is 5.72. The van der Waals surface area contributed by atoms with Crippen LogP contribution in [0.15, 0.2) is 42.5 Å². The van der Waals surface area contributed by atoms with E-state index >= 15 is 0 Å². The van der Waals surface area contributed by atoms with Gasteiger partial charge in [0.05, 0.1) is 18.7 Å². The summed E-state index contributed by atoms with van der Waals surface area (Å²) in [6.45, 7) is 3.92. The Balaban J connectivity index is 2.33. The molecule has 3 nitrogen and oxygen atoms in total. The van der Waals surface area contributed by atoms with Crippen molar-refractivity contribution in [3.05, 3.63) is 53.6 Å². The molecule has 0 unspecified atom stereocenters. The highest BCUT2D eigenvalue weighted by atomic mass is 16.5. The largest absolute Gasteiger partial charge is 0.496 e. The van der Waals surface area contributed by atoms with E-state index in [1.54, 1.807) is 13.2 Å². The number of methoxy groups -OCH3 is 1. The lowest BCUT2D eigenvalue weighted by Crippen LogP contribution is -2.11. The third-order valence-electron chi connectivity index (χ3n) is 3.17. The summed E-state index contributed by atoms with van der Waals surface area (Å²) in [5.74, 6) is 0.781. The van der Waals surface area contributed by atoms with Crippen molar-refractivity contribution in [2.24, 2.45) is 0 Å². The number of nitrogens with zero attached hydrogens (tertiary/aromatic N) is 1. The van der Waals surface area contributed by atoms with Crippen molar-refractivity contribution in [1.29, 1.82) is 5.26 Å². The van der Waals surface area contributed by atoms with Gasteiger partial charge in [-0.2, -0.15) is 5.26 Å². The molecule has 0 bridgehead atoms. The summed E-state index contributed by atoms with van der Waals surface area (Å²) < 4.78 is 5.37. The Hall–Kier alpha value is -2.31. The van der Waals surface area contributed by atoms with Crippen molar-refractivity contribution in [3.63, 3.8) is 0 Å². The second-order valence-electron chi connectivity index (χ2n) is 4.50. The van der Waals surface area contributed by atoms with Crippen LogP contribution in [0.25, 0.3) is 11.1 Å².